The van der Waals surface area contributed by atoms with Crippen molar-refractivity contribution in [1.29, 1.82) is 0 Å². The average Bonchev–Trinajstić information content (AvgIpc) is 2.84. The molecule has 1 atom stereocenters. The number of aromatic nitrogens is 4. The van der Waals surface area contributed by atoms with Gasteiger partial charge in [0.25, 0.3) is 0 Å². The molecule has 1 aromatic heterocycles. The molecule has 2 heterocycles. The first-order valence-corrected chi connectivity index (χ1v) is 5.46. The number of aryl methyl sites for hydroxylation is 1. The van der Waals surface area contributed by atoms with Gasteiger partial charge in [0.2, 0.25) is 0 Å². The van der Waals surface area contributed by atoms with Gasteiger partial charge in [0.05, 0.1) is 0 Å². The molecule has 17 heavy (non-hydrogen) atoms. The zero-order valence-electron chi connectivity index (χ0n) is 9.60. The van der Waals surface area contributed by atoms with Crippen LogP contribution in [0.5, 0.6) is 5.75 Å². The van der Waals surface area contributed by atoms with Crippen molar-refractivity contribution in [2.75, 3.05) is 0 Å². The van der Waals surface area contributed by atoms with Crippen molar-refractivity contribution in [3.63, 3.8) is 0 Å². The van der Waals surface area contributed by atoms with Crippen LogP contribution in [0.3, 0.4) is 0 Å². The van der Waals surface area contributed by atoms with Gasteiger partial charge < -0.3 is 4.74 Å². The predicted octanol–water partition coefficient (Wildman–Crippen LogP) is 0.587. The molecule has 0 saturated carbocycles. The van der Waals surface area contributed by atoms with Crippen LogP contribution < -0.4 is 10.4 Å². The van der Waals surface area contributed by atoms with Crippen molar-refractivity contribution in [2.45, 2.75) is 26.4 Å². The zero-order chi connectivity index (χ0) is 12.0. The Bertz CT molecular complexity index is 629. The summed E-state index contributed by atoms with van der Waals surface area (Å²) in [4.78, 5) is 11.6. The van der Waals surface area contributed by atoms with Gasteiger partial charge >= 0.3 is 5.69 Å². The highest BCUT2D eigenvalue weighted by Crippen LogP contribution is 2.35. The highest BCUT2D eigenvalue weighted by atomic mass is 16.5. The first-order chi connectivity index (χ1) is 8.16. The number of tetrazole rings is 1. The van der Waals surface area contributed by atoms with E-state index in [9.17, 15) is 4.79 Å². The smallest absolute Gasteiger partial charge is 0.365 e. The molecule has 0 saturated heterocycles. The van der Waals surface area contributed by atoms with E-state index in [2.05, 4.69) is 15.5 Å². The number of hydrogen-bond acceptors (Lipinski definition) is 4. The fourth-order valence-electron chi connectivity index (χ4n) is 2.16. The largest absolute Gasteiger partial charge is 0.488 e. The third kappa shape index (κ3) is 1.44. The van der Waals surface area contributed by atoms with Gasteiger partial charge in [-0.05, 0) is 29.8 Å². The fraction of sp³-hybridized carbons (Fsp3) is 0.364. The Morgan fingerprint density at radius 3 is 3.06 bits per heavy atom. The summed E-state index contributed by atoms with van der Waals surface area (Å²) < 4.78 is 7.00. The molecule has 1 aliphatic rings. The van der Waals surface area contributed by atoms with Crippen LogP contribution in [0.25, 0.3) is 5.69 Å². The minimum Gasteiger partial charge on any atom is -0.488 e. The molecule has 0 amide bonds. The standard InChI is InChI=1S/C11H12N4O2/c1-6-3-4-8-5-7(2)17-10(8)9(6)15-11(16)12-13-14-15/h3-4,7H,5H2,1-2H3,(H,12,14,16). The summed E-state index contributed by atoms with van der Waals surface area (Å²) in [6.07, 6.45) is 0.989. The molecular weight excluding hydrogens is 220 g/mol. The van der Waals surface area contributed by atoms with Crippen LogP contribution in [0.2, 0.25) is 0 Å². The summed E-state index contributed by atoms with van der Waals surface area (Å²) in [5.41, 5.74) is 2.37. The molecule has 88 valence electrons. The number of benzene rings is 1. The van der Waals surface area contributed by atoms with Crippen LogP contribution in [0, 0.1) is 6.92 Å². The summed E-state index contributed by atoms with van der Waals surface area (Å²) in [5, 5.41) is 9.56. The lowest BCUT2D eigenvalue weighted by atomic mass is 10.1. The van der Waals surface area contributed by atoms with E-state index >= 15 is 0 Å². The van der Waals surface area contributed by atoms with Gasteiger partial charge in [0.15, 0.2) is 0 Å². The lowest BCUT2D eigenvalue weighted by molar-refractivity contribution is 0.253. The van der Waals surface area contributed by atoms with E-state index < -0.39 is 0 Å². The number of nitrogens with one attached hydrogen (secondary N) is 1. The zero-order valence-corrected chi connectivity index (χ0v) is 9.60. The van der Waals surface area contributed by atoms with Gasteiger partial charge in [-0.15, -0.1) is 0 Å². The van der Waals surface area contributed by atoms with Crippen LogP contribution in [0.1, 0.15) is 18.1 Å². The fourth-order valence-corrected chi connectivity index (χ4v) is 2.16. The highest BCUT2D eigenvalue weighted by Gasteiger charge is 2.25. The van der Waals surface area contributed by atoms with Crippen molar-refractivity contribution < 1.29 is 4.74 Å². The molecule has 1 aromatic carbocycles. The summed E-state index contributed by atoms with van der Waals surface area (Å²) in [6, 6.07) is 4.00. The molecule has 0 radical (unpaired) electrons. The quantitative estimate of drug-likeness (QED) is 0.780. The number of ether oxygens (including phenoxy) is 1. The number of hydrogen-bond donors (Lipinski definition) is 1. The van der Waals surface area contributed by atoms with E-state index in [0.717, 1.165) is 23.3 Å². The third-order valence-electron chi connectivity index (χ3n) is 2.93. The molecule has 0 spiro atoms. The molecule has 0 fully saturated rings. The topological polar surface area (TPSA) is 72.8 Å². The van der Waals surface area contributed by atoms with E-state index in [1.54, 1.807) is 0 Å². The van der Waals surface area contributed by atoms with E-state index in [4.69, 9.17) is 4.74 Å². The van der Waals surface area contributed by atoms with Gasteiger partial charge in [-0.2, -0.15) is 4.68 Å². The highest BCUT2D eigenvalue weighted by molar-refractivity contribution is 5.57. The number of rotatable bonds is 1. The van der Waals surface area contributed by atoms with E-state index in [-0.39, 0.29) is 11.8 Å². The van der Waals surface area contributed by atoms with Crippen LogP contribution in [0.4, 0.5) is 0 Å². The van der Waals surface area contributed by atoms with Crippen molar-refractivity contribution in [3.8, 4) is 11.4 Å². The predicted molar refractivity (Wildman–Crippen MR) is 60.5 cm³/mol. The Balaban J connectivity index is 2.28. The van der Waals surface area contributed by atoms with Crippen LogP contribution >= 0.6 is 0 Å². The van der Waals surface area contributed by atoms with Crippen LogP contribution in [-0.2, 0) is 6.42 Å². The Hall–Kier alpha value is -2.11. The second kappa shape index (κ2) is 3.44. The first kappa shape index (κ1) is 10.1. The maximum absolute atomic E-state index is 11.6. The Labute approximate surface area is 97.2 Å². The second-order valence-electron chi connectivity index (χ2n) is 4.27. The molecule has 6 heteroatoms. The molecular formula is C11H12N4O2. The summed E-state index contributed by atoms with van der Waals surface area (Å²) >= 11 is 0. The molecule has 0 bridgehead atoms. The molecule has 1 unspecified atom stereocenters. The van der Waals surface area contributed by atoms with Gasteiger partial charge in [-0.1, -0.05) is 12.1 Å². The molecule has 1 N–H and O–H groups in total. The second-order valence-corrected chi connectivity index (χ2v) is 4.27. The summed E-state index contributed by atoms with van der Waals surface area (Å²) in [5.74, 6) is 0.744. The van der Waals surface area contributed by atoms with Gasteiger partial charge in [0.1, 0.15) is 17.5 Å². The molecule has 3 rings (SSSR count). The normalized spacial score (nSPS) is 17.9. The Morgan fingerprint density at radius 1 is 1.53 bits per heavy atom. The SMILES string of the molecule is Cc1ccc2c(c1-n1nn[nH]c1=O)OC(C)C2. The Kier molecular flexibility index (Phi) is 2.04. The Morgan fingerprint density at radius 2 is 2.35 bits per heavy atom. The minimum atomic E-state index is -0.357. The molecule has 2 aromatic rings. The summed E-state index contributed by atoms with van der Waals surface area (Å²) in [6.45, 7) is 3.92. The maximum atomic E-state index is 11.6. The summed E-state index contributed by atoms with van der Waals surface area (Å²) in [7, 11) is 0. The minimum absolute atomic E-state index is 0.133. The van der Waals surface area contributed by atoms with Gasteiger partial charge in [-0.25, -0.2) is 9.89 Å². The van der Waals surface area contributed by atoms with Crippen molar-refractivity contribution in [3.05, 3.63) is 33.7 Å². The lowest BCUT2D eigenvalue weighted by Gasteiger charge is -2.10. The average molecular weight is 232 g/mol. The number of H-pyrrole nitrogens is 1. The number of fused-ring (bicyclic) bond motifs is 1. The molecule has 1 aliphatic heterocycles. The van der Waals surface area contributed by atoms with Gasteiger partial charge in [-0.3, -0.25) is 0 Å². The van der Waals surface area contributed by atoms with E-state index in [1.807, 2.05) is 26.0 Å². The number of aromatic amines is 1. The van der Waals surface area contributed by atoms with Crippen molar-refractivity contribution >= 4 is 0 Å². The van der Waals surface area contributed by atoms with Crippen LogP contribution in [0.15, 0.2) is 16.9 Å². The monoisotopic (exact) mass is 232 g/mol. The van der Waals surface area contributed by atoms with E-state index in [0.29, 0.717) is 5.69 Å². The van der Waals surface area contributed by atoms with Crippen molar-refractivity contribution in [2.24, 2.45) is 0 Å². The molecule has 6 nitrogen and oxygen atoms in total. The first-order valence-electron chi connectivity index (χ1n) is 5.46. The van der Waals surface area contributed by atoms with Crippen LogP contribution in [-0.4, -0.2) is 26.3 Å². The van der Waals surface area contributed by atoms with Crippen molar-refractivity contribution in [1.82, 2.24) is 20.2 Å². The van der Waals surface area contributed by atoms with E-state index in [1.165, 1.54) is 4.68 Å². The number of nitrogens with zero attached hydrogens (tertiary/aromatic N) is 3. The maximum Gasteiger partial charge on any atom is 0.365 e. The lowest BCUT2D eigenvalue weighted by Crippen LogP contribution is -2.18. The third-order valence-corrected chi connectivity index (χ3v) is 2.93. The van der Waals surface area contributed by atoms with Gasteiger partial charge in [0, 0.05) is 12.0 Å². The molecule has 0 aliphatic carbocycles.